The molecule has 0 amide bonds. The Balaban J connectivity index is 1.25. The van der Waals surface area contributed by atoms with Crippen molar-refractivity contribution in [1.82, 2.24) is 9.97 Å². The van der Waals surface area contributed by atoms with E-state index >= 15 is 0 Å². The molecule has 3 heterocycles. The Morgan fingerprint density at radius 1 is 0.969 bits per heavy atom. The number of hydrogen-bond acceptors (Lipinski definition) is 6. The molecule has 5 aromatic rings. The van der Waals surface area contributed by atoms with Gasteiger partial charge in [0.2, 0.25) is 5.12 Å². The van der Waals surface area contributed by atoms with Gasteiger partial charge in [-0.25, -0.2) is 9.97 Å². The zero-order valence-electron chi connectivity index (χ0n) is 17.4. The van der Waals surface area contributed by atoms with Crippen LogP contribution in [0.2, 0.25) is 0 Å². The van der Waals surface area contributed by atoms with E-state index in [-0.39, 0.29) is 5.12 Å². The van der Waals surface area contributed by atoms with E-state index in [4.69, 9.17) is 4.98 Å². The van der Waals surface area contributed by atoms with E-state index < -0.39 is 0 Å². The molecule has 6 heteroatoms. The lowest BCUT2D eigenvalue weighted by atomic mass is 10.1. The van der Waals surface area contributed by atoms with Gasteiger partial charge in [-0.3, -0.25) is 4.79 Å². The number of benzene rings is 3. The van der Waals surface area contributed by atoms with Crippen molar-refractivity contribution in [2.24, 2.45) is 0 Å². The molecule has 0 unspecified atom stereocenters. The minimum atomic E-state index is 0.0111. The van der Waals surface area contributed by atoms with Crippen LogP contribution in [0, 0.1) is 6.92 Å². The Bertz CT molecular complexity index is 1460. The van der Waals surface area contributed by atoms with Crippen molar-refractivity contribution >= 4 is 60.8 Å². The lowest BCUT2D eigenvalue weighted by molar-refractivity contribution is 0.108. The number of aromatic nitrogens is 2. The smallest absolute Gasteiger partial charge is 0.226 e. The largest absolute Gasteiger partial charge is 0.326 e. The minimum Gasteiger partial charge on any atom is -0.326 e. The van der Waals surface area contributed by atoms with E-state index in [0.717, 1.165) is 44.5 Å². The predicted molar refractivity (Wildman–Crippen MR) is 133 cm³/mol. The number of thiazole rings is 1. The number of hydrogen-bond donors (Lipinski definition) is 0. The number of rotatable bonds is 3. The number of carbonyl (C=O) groups excluding carboxylic acids is 1. The maximum Gasteiger partial charge on any atom is 0.226 e. The first-order valence-corrected chi connectivity index (χ1v) is 12.1. The Labute approximate surface area is 193 Å². The molecular weight excluding hydrogens is 434 g/mol. The van der Waals surface area contributed by atoms with Crippen molar-refractivity contribution in [2.75, 3.05) is 11.4 Å². The highest BCUT2D eigenvalue weighted by Crippen LogP contribution is 2.36. The van der Waals surface area contributed by atoms with Crippen LogP contribution in [-0.2, 0) is 6.42 Å². The summed E-state index contributed by atoms with van der Waals surface area (Å²) < 4.78 is 1.88. The molecule has 0 radical (unpaired) electrons. The molecule has 6 rings (SSSR count). The number of thioether (sulfide) groups is 1. The Morgan fingerprint density at radius 3 is 2.66 bits per heavy atom. The van der Waals surface area contributed by atoms with E-state index in [2.05, 4.69) is 41.1 Å². The molecule has 0 atom stereocenters. The highest BCUT2D eigenvalue weighted by atomic mass is 32.2. The predicted octanol–water partition coefficient (Wildman–Crippen LogP) is 6.78. The summed E-state index contributed by atoms with van der Waals surface area (Å²) in [7, 11) is 0. The second-order valence-electron chi connectivity index (χ2n) is 7.95. The molecule has 0 spiro atoms. The number of fused-ring (bicyclic) bond motifs is 3. The first-order chi connectivity index (χ1) is 15.6. The van der Waals surface area contributed by atoms with Gasteiger partial charge in [0.1, 0.15) is 5.82 Å². The van der Waals surface area contributed by atoms with Crippen molar-refractivity contribution in [3.8, 4) is 0 Å². The molecule has 0 saturated carbocycles. The Hall–Kier alpha value is -3.22. The van der Waals surface area contributed by atoms with Crippen LogP contribution >= 0.6 is 23.1 Å². The second kappa shape index (κ2) is 7.73. The quantitative estimate of drug-likeness (QED) is 0.282. The number of aryl methyl sites for hydroxylation is 1. The Morgan fingerprint density at radius 2 is 1.81 bits per heavy atom. The van der Waals surface area contributed by atoms with Crippen LogP contribution < -0.4 is 4.90 Å². The molecule has 0 aliphatic carbocycles. The average Bonchev–Trinajstić information content (AvgIpc) is 3.40. The zero-order chi connectivity index (χ0) is 21.7. The standard InChI is InChI=1S/C26H19N3OS2/c1-16-6-7-18-15-19-12-13-29(24(19)27-22(18)14-16)20-10-8-17(9-11-20)25(30)32-26-28-21-4-2-3-5-23(21)31-26/h2-11,14-15H,12-13H2,1H3. The lowest BCUT2D eigenvalue weighted by Crippen LogP contribution is -2.14. The van der Waals surface area contributed by atoms with E-state index in [9.17, 15) is 4.79 Å². The summed E-state index contributed by atoms with van der Waals surface area (Å²) in [6.45, 7) is 2.99. The van der Waals surface area contributed by atoms with Gasteiger partial charge in [0, 0.05) is 23.2 Å². The number of nitrogens with zero attached hydrogens (tertiary/aromatic N) is 3. The average molecular weight is 454 g/mol. The van der Waals surface area contributed by atoms with Crippen molar-refractivity contribution < 1.29 is 4.79 Å². The van der Waals surface area contributed by atoms with Gasteiger partial charge in [0.25, 0.3) is 0 Å². The molecule has 156 valence electrons. The van der Waals surface area contributed by atoms with Gasteiger partial charge in [-0.2, -0.15) is 0 Å². The van der Waals surface area contributed by atoms with Crippen LogP contribution in [0.5, 0.6) is 0 Å². The molecule has 32 heavy (non-hydrogen) atoms. The second-order valence-corrected chi connectivity index (χ2v) is 10.2. The number of para-hydroxylation sites is 1. The highest BCUT2D eigenvalue weighted by Gasteiger charge is 2.23. The third-order valence-electron chi connectivity index (χ3n) is 5.76. The number of pyridine rings is 1. The Kier molecular flexibility index (Phi) is 4.70. The summed E-state index contributed by atoms with van der Waals surface area (Å²) >= 11 is 2.75. The van der Waals surface area contributed by atoms with Gasteiger partial charge < -0.3 is 4.90 Å². The number of anilines is 2. The monoisotopic (exact) mass is 453 g/mol. The van der Waals surface area contributed by atoms with Crippen LogP contribution in [0.15, 0.2) is 77.1 Å². The van der Waals surface area contributed by atoms with Crippen molar-refractivity contribution in [2.45, 2.75) is 17.7 Å². The van der Waals surface area contributed by atoms with Crippen LogP contribution in [0.4, 0.5) is 11.5 Å². The summed E-state index contributed by atoms with van der Waals surface area (Å²) in [5.41, 5.74) is 6.18. The molecule has 1 aliphatic heterocycles. The van der Waals surface area contributed by atoms with E-state index in [1.807, 2.05) is 48.5 Å². The third-order valence-corrected chi connectivity index (χ3v) is 7.78. The van der Waals surface area contributed by atoms with Crippen LogP contribution in [0.1, 0.15) is 21.5 Å². The van der Waals surface area contributed by atoms with Gasteiger partial charge in [0.15, 0.2) is 4.34 Å². The van der Waals surface area contributed by atoms with Crippen molar-refractivity contribution in [3.63, 3.8) is 0 Å². The molecule has 0 saturated heterocycles. The van der Waals surface area contributed by atoms with Gasteiger partial charge >= 0.3 is 0 Å². The fourth-order valence-electron chi connectivity index (χ4n) is 4.13. The summed E-state index contributed by atoms with van der Waals surface area (Å²) in [5.74, 6) is 1.02. The van der Waals surface area contributed by atoms with Crippen LogP contribution in [0.25, 0.3) is 21.1 Å². The molecular formula is C26H19N3OS2. The molecule has 0 bridgehead atoms. The van der Waals surface area contributed by atoms with Gasteiger partial charge in [-0.15, -0.1) is 11.3 Å². The molecule has 4 nitrogen and oxygen atoms in total. The third kappa shape index (κ3) is 3.45. The SMILES string of the molecule is Cc1ccc2cc3c(nc2c1)N(c1ccc(C(=O)Sc2nc4ccccc4s2)cc1)CC3. The summed E-state index contributed by atoms with van der Waals surface area (Å²) in [6.07, 6.45) is 0.973. The summed E-state index contributed by atoms with van der Waals surface area (Å²) in [4.78, 5) is 24.6. The zero-order valence-corrected chi connectivity index (χ0v) is 19.0. The summed E-state index contributed by atoms with van der Waals surface area (Å²) in [5, 5.41) is 1.20. The van der Waals surface area contributed by atoms with Gasteiger partial charge in [-0.1, -0.05) is 24.3 Å². The fraction of sp³-hybridized carbons (Fsp3) is 0.115. The van der Waals surface area contributed by atoms with Gasteiger partial charge in [0.05, 0.1) is 15.7 Å². The lowest BCUT2D eigenvalue weighted by Gasteiger charge is -2.19. The first kappa shape index (κ1) is 19.5. The molecule has 0 fully saturated rings. The molecule has 0 N–H and O–H groups in total. The van der Waals surface area contributed by atoms with Crippen molar-refractivity contribution in [1.29, 1.82) is 0 Å². The normalized spacial score (nSPS) is 13.1. The highest BCUT2D eigenvalue weighted by molar-refractivity contribution is 8.15. The first-order valence-electron chi connectivity index (χ1n) is 10.5. The molecule has 2 aromatic heterocycles. The topological polar surface area (TPSA) is 46.1 Å². The molecule has 1 aliphatic rings. The maximum atomic E-state index is 12.8. The van der Waals surface area contributed by atoms with E-state index in [1.54, 1.807) is 11.3 Å². The maximum absolute atomic E-state index is 12.8. The number of carbonyl (C=O) groups is 1. The van der Waals surface area contributed by atoms with E-state index in [1.165, 1.54) is 28.3 Å². The van der Waals surface area contributed by atoms with Crippen molar-refractivity contribution in [3.05, 3.63) is 89.5 Å². The minimum absolute atomic E-state index is 0.0111. The summed E-state index contributed by atoms with van der Waals surface area (Å²) in [6, 6.07) is 24.5. The van der Waals surface area contributed by atoms with Crippen LogP contribution in [0.3, 0.4) is 0 Å². The van der Waals surface area contributed by atoms with Gasteiger partial charge in [-0.05, 0) is 84.8 Å². The van der Waals surface area contributed by atoms with E-state index in [0.29, 0.717) is 5.56 Å². The molecule has 3 aromatic carbocycles. The fourth-order valence-corrected chi connectivity index (χ4v) is 6.04. The van der Waals surface area contributed by atoms with Crippen LogP contribution in [-0.4, -0.2) is 21.6 Å².